The molecule has 0 radical (unpaired) electrons. The van der Waals surface area contributed by atoms with Crippen molar-refractivity contribution < 1.29 is 4.52 Å². The summed E-state index contributed by atoms with van der Waals surface area (Å²) >= 11 is 0. The van der Waals surface area contributed by atoms with Gasteiger partial charge in [0.05, 0.1) is 6.20 Å². The van der Waals surface area contributed by atoms with Crippen molar-refractivity contribution in [1.82, 2.24) is 10.1 Å². The van der Waals surface area contributed by atoms with Gasteiger partial charge in [-0.25, -0.2) is 0 Å². The summed E-state index contributed by atoms with van der Waals surface area (Å²) in [5.41, 5.74) is 7.41. The number of nitrogens with zero attached hydrogens (tertiary/aromatic N) is 2. The van der Waals surface area contributed by atoms with Crippen LogP contribution in [0.1, 0.15) is 5.69 Å². The average molecular weight is 189 g/mol. The first-order chi connectivity index (χ1) is 6.90. The average Bonchev–Trinajstić information content (AvgIpc) is 2.71. The first kappa shape index (κ1) is 8.90. The summed E-state index contributed by atoms with van der Waals surface area (Å²) in [7, 11) is 0. The van der Waals surface area contributed by atoms with Crippen molar-refractivity contribution in [2.24, 2.45) is 5.73 Å². The lowest BCUT2D eigenvalue weighted by Gasteiger charge is -1.99. The molecule has 2 N–H and O–H groups in total. The van der Waals surface area contributed by atoms with Gasteiger partial charge in [0.1, 0.15) is 0 Å². The van der Waals surface area contributed by atoms with Gasteiger partial charge in [-0.1, -0.05) is 5.16 Å². The van der Waals surface area contributed by atoms with Crippen molar-refractivity contribution in [3.05, 3.63) is 36.3 Å². The van der Waals surface area contributed by atoms with Crippen molar-refractivity contribution >= 4 is 0 Å². The number of rotatable bonds is 3. The second kappa shape index (κ2) is 4.02. The van der Waals surface area contributed by atoms with Crippen LogP contribution in [0.15, 0.2) is 35.1 Å². The van der Waals surface area contributed by atoms with Crippen LogP contribution in [0.5, 0.6) is 0 Å². The van der Waals surface area contributed by atoms with Gasteiger partial charge in [-0.3, -0.25) is 4.98 Å². The standard InChI is InChI=1S/C10H11N3O/c11-4-1-9-7-8(2-5-12-9)10-3-6-13-14-10/h2-3,5-7H,1,4,11H2. The molecule has 2 heterocycles. The molecule has 0 unspecified atom stereocenters. The molecule has 0 aliphatic carbocycles. The Morgan fingerprint density at radius 1 is 1.29 bits per heavy atom. The van der Waals surface area contributed by atoms with Crippen LogP contribution in [-0.4, -0.2) is 16.7 Å². The first-order valence-electron chi connectivity index (χ1n) is 4.46. The number of nitrogens with two attached hydrogens (primary N) is 1. The zero-order chi connectivity index (χ0) is 9.80. The molecule has 0 saturated carbocycles. The summed E-state index contributed by atoms with van der Waals surface area (Å²) in [6.07, 6.45) is 4.16. The molecule has 0 aliphatic rings. The Morgan fingerprint density at radius 3 is 2.93 bits per heavy atom. The molecule has 0 atom stereocenters. The first-order valence-corrected chi connectivity index (χ1v) is 4.46. The maximum Gasteiger partial charge on any atom is 0.166 e. The quantitative estimate of drug-likeness (QED) is 0.788. The second-order valence-corrected chi connectivity index (χ2v) is 2.95. The van der Waals surface area contributed by atoms with Crippen molar-refractivity contribution in [3.8, 4) is 11.3 Å². The van der Waals surface area contributed by atoms with Crippen molar-refractivity contribution in [3.63, 3.8) is 0 Å². The molecule has 0 bridgehead atoms. The summed E-state index contributed by atoms with van der Waals surface area (Å²) in [5.74, 6) is 0.755. The summed E-state index contributed by atoms with van der Waals surface area (Å²) in [4.78, 5) is 4.20. The summed E-state index contributed by atoms with van der Waals surface area (Å²) < 4.78 is 5.04. The minimum absolute atomic E-state index is 0.604. The molecular formula is C10H11N3O. The largest absolute Gasteiger partial charge is 0.356 e. The van der Waals surface area contributed by atoms with Crippen LogP contribution in [0.3, 0.4) is 0 Å². The molecule has 0 fully saturated rings. The number of hydrogen-bond acceptors (Lipinski definition) is 4. The Kier molecular flexibility index (Phi) is 2.55. The third-order valence-electron chi connectivity index (χ3n) is 1.94. The van der Waals surface area contributed by atoms with Crippen LogP contribution >= 0.6 is 0 Å². The van der Waals surface area contributed by atoms with Crippen LogP contribution < -0.4 is 5.73 Å². The number of aromatic nitrogens is 2. The van der Waals surface area contributed by atoms with Gasteiger partial charge in [0.2, 0.25) is 0 Å². The zero-order valence-corrected chi connectivity index (χ0v) is 7.68. The molecule has 0 aliphatic heterocycles. The third-order valence-corrected chi connectivity index (χ3v) is 1.94. The predicted molar refractivity (Wildman–Crippen MR) is 52.5 cm³/mol. The highest BCUT2D eigenvalue weighted by molar-refractivity contribution is 5.56. The van der Waals surface area contributed by atoms with Gasteiger partial charge in [0.15, 0.2) is 5.76 Å². The molecule has 72 valence electrons. The van der Waals surface area contributed by atoms with Gasteiger partial charge >= 0.3 is 0 Å². The topological polar surface area (TPSA) is 64.9 Å². The van der Waals surface area contributed by atoms with Crippen LogP contribution in [0.4, 0.5) is 0 Å². The van der Waals surface area contributed by atoms with Gasteiger partial charge in [-0.15, -0.1) is 0 Å². The highest BCUT2D eigenvalue weighted by Crippen LogP contribution is 2.18. The summed E-state index contributed by atoms with van der Waals surface area (Å²) in [5, 5.41) is 3.65. The summed E-state index contributed by atoms with van der Waals surface area (Å²) in [6.45, 7) is 0.604. The molecule has 0 saturated heterocycles. The van der Waals surface area contributed by atoms with E-state index in [1.165, 1.54) is 0 Å². The fourth-order valence-corrected chi connectivity index (χ4v) is 1.28. The molecule has 2 rings (SSSR count). The molecule has 4 heteroatoms. The molecule has 2 aromatic heterocycles. The van der Waals surface area contributed by atoms with Crippen LogP contribution in [0.25, 0.3) is 11.3 Å². The Labute approximate surface area is 81.7 Å². The van der Waals surface area contributed by atoms with Gasteiger partial charge in [-0.2, -0.15) is 0 Å². The monoisotopic (exact) mass is 189 g/mol. The lowest BCUT2D eigenvalue weighted by molar-refractivity contribution is 0.432. The van der Waals surface area contributed by atoms with E-state index in [1.807, 2.05) is 18.2 Å². The van der Waals surface area contributed by atoms with Crippen molar-refractivity contribution in [2.45, 2.75) is 6.42 Å². The predicted octanol–water partition coefficient (Wildman–Crippen LogP) is 1.24. The van der Waals surface area contributed by atoms with E-state index in [0.717, 1.165) is 23.4 Å². The van der Waals surface area contributed by atoms with Gasteiger partial charge < -0.3 is 10.3 Å². The Balaban J connectivity index is 2.31. The van der Waals surface area contributed by atoms with Crippen LogP contribution in [0.2, 0.25) is 0 Å². The van der Waals surface area contributed by atoms with Gasteiger partial charge in [-0.05, 0) is 18.7 Å². The maximum absolute atomic E-state index is 5.45. The number of pyridine rings is 1. The summed E-state index contributed by atoms with van der Waals surface area (Å²) in [6, 6.07) is 5.68. The Hall–Kier alpha value is -1.68. The Morgan fingerprint density at radius 2 is 2.21 bits per heavy atom. The van der Waals surface area contributed by atoms with Crippen molar-refractivity contribution in [1.29, 1.82) is 0 Å². The lowest BCUT2D eigenvalue weighted by Crippen LogP contribution is -2.04. The van der Waals surface area contributed by atoms with Gasteiger partial charge in [0, 0.05) is 29.9 Å². The smallest absolute Gasteiger partial charge is 0.166 e. The molecule has 4 nitrogen and oxygen atoms in total. The Bertz CT molecular complexity index is 398. The third kappa shape index (κ3) is 1.80. The zero-order valence-electron chi connectivity index (χ0n) is 7.68. The van der Waals surface area contributed by atoms with E-state index in [1.54, 1.807) is 12.4 Å². The van der Waals surface area contributed by atoms with E-state index >= 15 is 0 Å². The van der Waals surface area contributed by atoms with E-state index < -0.39 is 0 Å². The van der Waals surface area contributed by atoms with E-state index in [4.69, 9.17) is 10.3 Å². The second-order valence-electron chi connectivity index (χ2n) is 2.95. The van der Waals surface area contributed by atoms with Crippen LogP contribution in [0, 0.1) is 0 Å². The van der Waals surface area contributed by atoms with Crippen molar-refractivity contribution in [2.75, 3.05) is 6.54 Å². The maximum atomic E-state index is 5.45. The SMILES string of the molecule is NCCc1cc(-c2ccno2)ccn1. The fourth-order valence-electron chi connectivity index (χ4n) is 1.28. The van der Waals surface area contributed by atoms with E-state index in [-0.39, 0.29) is 0 Å². The molecule has 0 amide bonds. The van der Waals surface area contributed by atoms with Crippen LogP contribution in [-0.2, 0) is 6.42 Å². The lowest BCUT2D eigenvalue weighted by atomic mass is 10.1. The number of hydrogen-bond donors (Lipinski definition) is 1. The minimum atomic E-state index is 0.604. The molecule has 0 spiro atoms. The highest BCUT2D eigenvalue weighted by atomic mass is 16.5. The highest BCUT2D eigenvalue weighted by Gasteiger charge is 2.02. The molecular weight excluding hydrogens is 178 g/mol. The van der Waals surface area contributed by atoms with E-state index in [2.05, 4.69) is 10.1 Å². The van der Waals surface area contributed by atoms with E-state index in [0.29, 0.717) is 6.54 Å². The minimum Gasteiger partial charge on any atom is -0.356 e. The fraction of sp³-hybridized carbons (Fsp3) is 0.200. The van der Waals surface area contributed by atoms with Gasteiger partial charge in [0.25, 0.3) is 0 Å². The molecule has 0 aromatic carbocycles. The molecule has 2 aromatic rings. The molecule has 14 heavy (non-hydrogen) atoms. The van der Waals surface area contributed by atoms with E-state index in [9.17, 15) is 0 Å². The normalized spacial score (nSPS) is 10.4.